The second-order valence-corrected chi connectivity index (χ2v) is 5.05. The van der Waals surface area contributed by atoms with Crippen LogP contribution in [-0.2, 0) is 17.8 Å². The van der Waals surface area contributed by atoms with E-state index in [2.05, 4.69) is 15.3 Å². The van der Waals surface area contributed by atoms with E-state index in [0.717, 1.165) is 16.4 Å². The van der Waals surface area contributed by atoms with Crippen LogP contribution in [0.3, 0.4) is 0 Å². The van der Waals surface area contributed by atoms with Crippen LogP contribution in [0.2, 0.25) is 0 Å². The van der Waals surface area contributed by atoms with E-state index in [1.807, 2.05) is 24.6 Å². The van der Waals surface area contributed by atoms with Gasteiger partial charge in [-0.3, -0.25) is 9.78 Å². The van der Waals surface area contributed by atoms with Gasteiger partial charge in [-0.05, 0) is 24.1 Å². The minimum Gasteiger partial charge on any atom is -0.481 e. The molecule has 0 aliphatic heterocycles. The molecule has 0 aliphatic carbocycles. The molecule has 19 heavy (non-hydrogen) atoms. The van der Waals surface area contributed by atoms with Crippen molar-refractivity contribution < 1.29 is 9.90 Å². The number of hydrogen-bond donors (Lipinski definition) is 2. The van der Waals surface area contributed by atoms with Gasteiger partial charge in [0.1, 0.15) is 0 Å². The first-order valence-electron chi connectivity index (χ1n) is 5.94. The lowest BCUT2D eigenvalue weighted by Gasteiger charge is -2.05. The van der Waals surface area contributed by atoms with Crippen LogP contribution in [0.15, 0.2) is 23.8 Å². The first kappa shape index (κ1) is 13.5. The Morgan fingerprint density at radius 3 is 3.11 bits per heavy atom. The first-order chi connectivity index (χ1) is 9.15. The number of thiazole rings is 1. The molecule has 0 atom stereocenters. The molecule has 0 fully saturated rings. The lowest BCUT2D eigenvalue weighted by molar-refractivity contribution is -0.136. The first-order valence-corrected chi connectivity index (χ1v) is 6.82. The van der Waals surface area contributed by atoms with Crippen molar-refractivity contribution in [3.8, 4) is 0 Å². The van der Waals surface area contributed by atoms with Gasteiger partial charge in [-0.1, -0.05) is 0 Å². The van der Waals surface area contributed by atoms with Crippen molar-refractivity contribution in [2.75, 3.05) is 5.32 Å². The number of hydrogen-bond acceptors (Lipinski definition) is 5. The molecule has 100 valence electrons. The summed E-state index contributed by atoms with van der Waals surface area (Å²) < 4.78 is 0. The molecule has 2 heterocycles. The van der Waals surface area contributed by atoms with Gasteiger partial charge in [-0.25, -0.2) is 4.98 Å². The third-order valence-electron chi connectivity index (χ3n) is 2.72. The van der Waals surface area contributed by atoms with Crippen molar-refractivity contribution in [2.45, 2.75) is 26.3 Å². The van der Waals surface area contributed by atoms with Crippen LogP contribution < -0.4 is 5.32 Å². The minimum absolute atomic E-state index is 0.116. The van der Waals surface area contributed by atoms with Crippen molar-refractivity contribution in [3.63, 3.8) is 0 Å². The number of anilines is 1. The summed E-state index contributed by atoms with van der Waals surface area (Å²) in [6, 6.07) is 1.97. The number of nitrogens with zero attached hydrogens (tertiary/aromatic N) is 2. The number of aliphatic carboxylic acids is 1. The molecule has 2 rings (SSSR count). The summed E-state index contributed by atoms with van der Waals surface area (Å²) >= 11 is 1.49. The number of aromatic nitrogens is 2. The van der Waals surface area contributed by atoms with E-state index in [1.165, 1.54) is 16.9 Å². The molecule has 0 radical (unpaired) electrons. The fourth-order valence-electron chi connectivity index (χ4n) is 1.59. The maximum absolute atomic E-state index is 10.5. The Bertz CT molecular complexity index is 569. The van der Waals surface area contributed by atoms with E-state index in [0.29, 0.717) is 13.0 Å². The standard InChI is InChI=1S/C13H15N3O2S/c1-9-4-5-14-6-10(9)7-15-13-16-11(8-19-13)2-3-12(17)18/h4-6,8H,2-3,7H2,1H3,(H,15,16)(H,17,18). The number of pyridine rings is 1. The maximum Gasteiger partial charge on any atom is 0.303 e. The molecule has 0 aliphatic rings. The Kier molecular flexibility index (Phi) is 4.46. The zero-order valence-corrected chi connectivity index (χ0v) is 11.4. The molecule has 0 aromatic carbocycles. The Hall–Kier alpha value is -1.95. The van der Waals surface area contributed by atoms with E-state index in [1.54, 1.807) is 6.20 Å². The lowest BCUT2D eigenvalue weighted by atomic mass is 10.2. The molecule has 2 N–H and O–H groups in total. The molecular weight excluding hydrogens is 262 g/mol. The average molecular weight is 277 g/mol. The predicted molar refractivity (Wildman–Crippen MR) is 74.4 cm³/mol. The van der Waals surface area contributed by atoms with Crippen LogP contribution in [0.1, 0.15) is 23.2 Å². The largest absolute Gasteiger partial charge is 0.481 e. The van der Waals surface area contributed by atoms with Gasteiger partial charge < -0.3 is 10.4 Å². The van der Waals surface area contributed by atoms with Crippen molar-refractivity contribution in [3.05, 3.63) is 40.7 Å². The number of carboxylic acids is 1. The van der Waals surface area contributed by atoms with Crippen molar-refractivity contribution in [1.82, 2.24) is 9.97 Å². The molecule has 2 aromatic rings. The van der Waals surface area contributed by atoms with Crippen LogP contribution in [0, 0.1) is 6.92 Å². The van der Waals surface area contributed by atoms with Gasteiger partial charge in [-0.2, -0.15) is 0 Å². The van der Waals surface area contributed by atoms with Gasteiger partial charge in [0, 0.05) is 30.7 Å². The van der Waals surface area contributed by atoms with E-state index in [9.17, 15) is 4.79 Å². The summed E-state index contributed by atoms with van der Waals surface area (Å²) in [6.07, 6.45) is 4.19. The van der Waals surface area contributed by atoms with Gasteiger partial charge in [0.2, 0.25) is 0 Å². The van der Waals surface area contributed by atoms with Crippen LogP contribution >= 0.6 is 11.3 Å². The number of rotatable bonds is 6. The van der Waals surface area contributed by atoms with Crippen LogP contribution in [0.25, 0.3) is 0 Å². The molecule has 0 unspecified atom stereocenters. The van der Waals surface area contributed by atoms with Gasteiger partial charge in [0.15, 0.2) is 5.13 Å². The van der Waals surface area contributed by atoms with Crippen molar-refractivity contribution in [2.24, 2.45) is 0 Å². The highest BCUT2D eigenvalue weighted by atomic mass is 32.1. The quantitative estimate of drug-likeness (QED) is 0.848. The molecule has 0 amide bonds. The maximum atomic E-state index is 10.5. The molecule has 2 aromatic heterocycles. The molecule has 0 spiro atoms. The normalized spacial score (nSPS) is 10.4. The van der Waals surface area contributed by atoms with Gasteiger partial charge >= 0.3 is 5.97 Å². The lowest BCUT2D eigenvalue weighted by Crippen LogP contribution is -2.02. The third-order valence-corrected chi connectivity index (χ3v) is 3.57. The van der Waals surface area contributed by atoms with Crippen molar-refractivity contribution >= 4 is 22.4 Å². The van der Waals surface area contributed by atoms with Crippen molar-refractivity contribution in [1.29, 1.82) is 0 Å². The summed E-state index contributed by atoms with van der Waals surface area (Å²) in [5, 5.41) is 14.5. The second kappa shape index (κ2) is 6.29. The zero-order valence-electron chi connectivity index (χ0n) is 10.6. The van der Waals surface area contributed by atoms with Crippen LogP contribution in [-0.4, -0.2) is 21.0 Å². The third kappa shape index (κ3) is 4.03. The van der Waals surface area contributed by atoms with Gasteiger partial charge in [0.25, 0.3) is 0 Å². The van der Waals surface area contributed by atoms with E-state index in [-0.39, 0.29) is 6.42 Å². The number of carbonyl (C=O) groups is 1. The molecule has 0 saturated heterocycles. The second-order valence-electron chi connectivity index (χ2n) is 4.19. The monoisotopic (exact) mass is 277 g/mol. The zero-order chi connectivity index (χ0) is 13.7. The molecule has 6 heteroatoms. The summed E-state index contributed by atoms with van der Waals surface area (Å²) in [5.74, 6) is -0.798. The van der Waals surface area contributed by atoms with E-state index >= 15 is 0 Å². The minimum atomic E-state index is -0.798. The highest BCUT2D eigenvalue weighted by Gasteiger charge is 2.05. The Labute approximate surface area is 115 Å². The highest BCUT2D eigenvalue weighted by molar-refractivity contribution is 7.13. The number of nitrogens with one attached hydrogen (secondary N) is 1. The Morgan fingerprint density at radius 2 is 2.37 bits per heavy atom. The SMILES string of the molecule is Cc1ccncc1CNc1nc(CCC(=O)O)cs1. The molecule has 0 bridgehead atoms. The van der Waals surface area contributed by atoms with Crippen LogP contribution in [0.4, 0.5) is 5.13 Å². The average Bonchev–Trinajstić information content (AvgIpc) is 2.83. The smallest absolute Gasteiger partial charge is 0.303 e. The fraction of sp³-hybridized carbons (Fsp3) is 0.308. The van der Waals surface area contributed by atoms with Gasteiger partial charge in [0.05, 0.1) is 12.1 Å². The molecule has 5 nitrogen and oxygen atoms in total. The Balaban J connectivity index is 1.90. The summed E-state index contributed by atoms with van der Waals surface area (Å²) in [6.45, 7) is 2.71. The Morgan fingerprint density at radius 1 is 1.53 bits per heavy atom. The topological polar surface area (TPSA) is 75.1 Å². The summed E-state index contributed by atoms with van der Waals surface area (Å²) in [4.78, 5) is 18.9. The van der Waals surface area contributed by atoms with Gasteiger partial charge in [-0.15, -0.1) is 11.3 Å². The predicted octanol–water partition coefficient (Wildman–Crippen LogP) is 2.48. The van der Waals surface area contributed by atoms with E-state index in [4.69, 9.17) is 5.11 Å². The molecular formula is C13H15N3O2S. The summed E-state index contributed by atoms with van der Waals surface area (Å²) in [7, 11) is 0. The van der Waals surface area contributed by atoms with E-state index < -0.39 is 5.97 Å². The molecule has 0 saturated carbocycles. The number of aryl methyl sites for hydroxylation is 2. The number of carboxylic acid groups (broad SMARTS) is 1. The van der Waals surface area contributed by atoms with Crippen LogP contribution in [0.5, 0.6) is 0 Å². The fourth-order valence-corrected chi connectivity index (χ4v) is 2.33. The highest BCUT2D eigenvalue weighted by Crippen LogP contribution is 2.18. The summed E-state index contributed by atoms with van der Waals surface area (Å²) in [5.41, 5.74) is 3.13.